The van der Waals surface area contributed by atoms with Gasteiger partial charge in [-0.15, -0.1) is 0 Å². The number of nitrogens with one attached hydrogen (secondary N) is 1. The minimum absolute atomic E-state index is 0.0373. The first-order valence-corrected chi connectivity index (χ1v) is 8.61. The maximum absolute atomic E-state index is 12.6. The van der Waals surface area contributed by atoms with E-state index in [-0.39, 0.29) is 11.6 Å². The highest BCUT2D eigenvalue weighted by Gasteiger charge is 2.19. The van der Waals surface area contributed by atoms with E-state index in [9.17, 15) is 9.59 Å². The largest absolute Gasteiger partial charge is 0.339 e. The molecule has 1 aliphatic heterocycles. The molecular weight excluding hydrogens is 340 g/mol. The SMILES string of the molecule is Cc1cc(C(=O)Nc2cc(C(=O)N3CCCCC3)ccc2Cl)ncn1. The Morgan fingerprint density at radius 3 is 2.60 bits per heavy atom. The summed E-state index contributed by atoms with van der Waals surface area (Å²) < 4.78 is 0. The number of likely N-dealkylation sites (tertiary alicyclic amines) is 1. The number of aromatic nitrogens is 2. The third kappa shape index (κ3) is 4.14. The summed E-state index contributed by atoms with van der Waals surface area (Å²) in [5.41, 5.74) is 1.85. The van der Waals surface area contributed by atoms with Gasteiger partial charge < -0.3 is 10.2 Å². The minimum Gasteiger partial charge on any atom is -0.339 e. The van der Waals surface area contributed by atoms with Crippen LogP contribution in [0.2, 0.25) is 5.02 Å². The summed E-state index contributed by atoms with van der Waals surface area (Å²) in [6.07, 6.45) is 4.54. The van der Waals surface area contributed by atoms with Gasteiger partial charge in [0.15, 0.2) is 0 Å². The summed E-state index contributed by atoms with van der Waals surface area (Å²) in [4.78, 5) is 34.7. The van der Waals surface area contributed by atoms with Gasteiger partial charge >= 0.3 is 0 Å². The third-order valence-electron chi connectivity index (χ3n) is 4.14. The second kappa shape index (κ2) is 7.61. The topological polar surface area (TPSA) is 75.2 Å². The number of hydrogen-bond acceptors (Lipinski definition) is 4. The van der Waals surface area contributed by atoms with Crippen LogP contribution in [0.25, 0.3) is 0 Å². The maximum atomic E-state index is 12.6. The van der Waals surface area contributed by atoms with E-state index >= 15 is 0 Å². The van der Waals surface area contributed by atoms with Crippen LogP contribution in [0.4, 0.5) is 5.69 Å². The van der Waals surface area contributed by atoms with Crippen LogP contribution in [0.3, 0.4) is 0 Å². The molecule has 0 atom stereocenters. The normalized spacial score (nSPS) is 14.2. The Balaban J connectivity index is 1.79. The second-order valence-electron chi connectivity index (χ2n) is 6.05. The van der Waals surface area contributed by atoms with Crippen molar-refractivity contribution in [3.8, 4) is 0 Å². The standard InChI is InChI=1S/C18H19ClN4O2/c1-12-9-16(21-11-20-12)17(24)22-15-10-13(5-6-14(15)19)18(25)23-7-3-2-4-8-23/h5-6,9-11H,2-4,7-8H2,1H3,(H,22,24). The molecule has 3 rings (SSSR count). The van der Waals surface area contributed by atoms with Crippen LogP contribution in [0.5, 0.6) is 0 Å². The number of carbonyl (C=O) groups is 2. The fraction of sp³-hybridized carbons (Fsp3) is 0.333. The molecule has 0 saturated carbocycles. The molecule has 1 saturated heterocycles. The van der Waals surface area contributed by atoms with Crippen molar-refractivity contribution in [3.63, 3.8) is 0 Å². The monoisotopic (exact) mass is 358 g/mol. The van der Waals surface area contributed by atoms with Gasteiger partial charge in [-0.3, -0.25) is 9.59 Å². The average molecular weight is 359 g/mol. The number of aryl methyl sites for hydroxylation is 1. The summed E-state index contributed by atoms with van der Waals surface area (Å²) in [5, 5.41) is 3.09. The van der Waals surface area contributed by atoms with Crippen LogP contribution in [-0.4, -0.2) is 39.8 Å². The summed E-state index contributed by atoms with van der Waals surface area (Å²) in [6.45, 7) is 3.32. The zero-order chi connectivity index (χ0) is 17.8. The molecule has 0 aliphatic carbocycles. The Kier molecular flexibility index (Phi) is 5.28. The molecule has 0 bridgehead atoms. The first kappa shape index (κ1) is 17.4. The first-order valence-electron chi connectivity index (χ1n) is 8.23. The molecule has 1 aromatic heterocycles. The van der Waals surface area contributed by atoms with Gasteiger partial charge in [0.25, 0.3) is 11.8 Å². The van der Waals surface area contributed by atoms with E-state index < -0.39 is 5.91 Å². The van der Waals surface area contributed by atoms with E-state index in [1.807, 2.05) is 4.90 Å². The molecule has 2 heterocycles. The first-order chi connectivity index (χ1) is 12.0. The molecule has 7 heteroatoms. The van der Waals surface area contributed by atoms with Crippen LogP contribution in [0.1, 0.15) is 45.8 Å². The zero-order valence-corrected chi connectivity index (χ0v) is 14.7. The van der Waals surface area contributed by atoms with Gasteiger partial charge in [0, 0.05) is 24.3 Å². The van der Waals surface area contributed by atoms with Gasteiger partial charge in [-0.05, 0) is 50.5 Å². The van der Waals surface area contributed by atoms with Gasteiger partial charge in [-0.1, -0.05) is 11.6 Å². The minimum atomic E-state index is -0.394. The smallest absolute Gasteiger partial charge is 0.274 e. The molecule has 130 valence electrons. The number of piperidine rings is 1. The predicted molar refractivity (Wildman–Crippen MR) is 95.9 cm³/mol. The molecule has 0 radical (unpaired) electrons. The predicted octanol–water partition coefficient (Wildman–Crippen LogP) is 3.32. The lowest BCUT2D eigenvalue weighted by atomic mass is 10.1. The van der Waals surface area contributed by atoms with Gasteiger partial charge in [0.1, 0.15) is 12.0 Å². The van der Waals surface area contributed by atoms with Gasteiger partial charge in [0.2, 0.25) is 0 Å². The van der Waals surface area contributed by atoms with Gasteiger partial charge in [0.05, 0.1) is 10.7 Å². The van der Waals surface area contributed by atoms with Crippen LogP contribution in [0, 0.1) is 6.92 Å². The van der Waals surface area contributed by atoms with Crippen molar-refractivity contribution in [1.29, 1.82) is 0 Å². The van der Waals surface area contributed by atoms with Crippen molar-refractivity contribution in [1.82, 2.24) is 14.9 Å². The quantitative estimate of drug-likeness (QED) is 0.913. The van der Waals surface area contributed by atoms with E-state index in [0.717, 1.165) is 32.4 Å². The zero-order valence-electron chi connectivity index (χ0n) is 14.0. The number of anilines is 1. The number of halogens is 1. The van der Waals surface area contributed by atoms with Crippen molar-refractivity contribution in [3.05, 3.63) is 52.6 Å². The summed E-state index contributed by atoms with van der Waals surface area (Å²) in [7, 11) is 0. The van der Waals surface area contributed by atoms with Crippen molar-refractivity contribution in [2.45, 2.75) is 26.2 Å². The fourth-order valence-electron chi connectivity index (χ4n) is 2.80. The van der Waals surface area contributed by atoms with Crippen molar-refractivity contribution < 1.29 is 9.59 Å². The molecule has 1 aliphatic rings. The number of amides is 2. The van der Waals surface area contributed by atoms with Crippen molar-refractivity contribution in [2.75, 3.05) is 18.4 Å². The molecule has 1 fully saturated rings. The Morgan fingerprint density at radius 2 is 1.88 bits per heavy atom. The lowest BCUT2D eigenvalue weighted by molar-refractivity contribution is 0.0724. The number of hydrogen-bond donors (Lipinski definition) is 1. The van der Waals surface area contributed by atoms with Crippen LogP contribution in [0.15, 0.2) is 30.6 Å². The lowest BCUT2D eigenvalue weighted by Gasteiger charge is -2.27. The van der Waals surface area contributed by atoms with Crippen LogP contribution in [-0.2, 0) is 0 Å². The Labute approximate surface area is 151 Å². The van der Waals surface area contributed by atoms with Crippen molar-refractivity contribution in [2.24, 2.45) is 0 Å². The Morgan fingerprint density at radius 1 is 1.12 bits per heavy atom. The number of rotatable bonds is 3. The summed E-state index contributed by atoms with van der Waals surface area (Å²) in [5.74, 6) is -0.431. The number of benzene rings is 1. The van der Waals surface area contributed by atoms with E-state index in [1.54, 1.807) is 31.2 Å². The highest BCUT2D eigenvalue weighted by Crippen LogP contribution is 2.25. The number of nitrogens with zero attached hydrogens (tertiary/aromatic N) is 3. The van der Waals surface area contributed by atoms with Crippen LogP contribution >= 0.6 is 11.6 Å². The summed E-state index contributed by atoms with van der Waals surface area (Å²) >= 11 is 6.18. The third-order valence-corrected chi connectivity index (χ3v) is 4.47. The molecule has 6 nitrogen and oxygen atoms in total. The van der Waals surface area contributed by atoms with Gasteiger partial charge in [-0.2, -0.15) is 0 Å². The molecule has 0 spiro atoms. The molecule has 2 aromatic rings. The maximum Gasteiger partial charge on any atom is 0.274 e. The fourth-order valence-corrected chi connectivity index (χ4v) is 2.96. The van der Waals surface area contributed by atoms with E-state index in [0.29, 0.717) is 22.0 Å². The molecule has 2 amide bonds. The van der Waals surface area contributed by atoms with E-state index in [2.05, 4.69) is 15.3 Å². The number of carbonyl (C=O) groups excluding carboxylic acids is 2. The molecule has 1 N–H and O–H groups in total. The molecule has 1 aromatic carbocycles. The van der Waals surface area contributed by atoms with Crippen molar-refractivity contribution >= 4 is 29.1 Å². The second-order valence-corrected chi connectivity index (χ2v) is 6.45. The molecule has 25 heavy (non-hydrogen) atoms. The summed E-state index contributed by atoms with van der Waals surface area (Å²) in [6, 6.07) is 6.51. The molecular formula is C18H19ClN4O2. The van der Waals surface area contributed by atoms with Gasteiger partial charge in [-0.25, -0.2) is 9.97 Å². The van der Waals surface area contributed by atoms with E-state index in [4.69, 9.17) is 11.6 Å². The average Bonchev–Trinajstić information content (AvgIpc) is 2.63. The highest BCUT2D eigenvalue weighted by atomic mass is 35.5. The highest BCUT2D eigenvalue weighted by molar-refractivity contribution is 6.34. The Hall–Kier alpha value is -2.47. The van der Waals surface area contributed by atoms with Crippen LogP contribution < -0.4 is 5.32 Å². The molecule has 0 unspecified atom stereocenters. The van der Waals surface area contributed by atoms with E-state index in [1.165, 1.54) is 6.33 Å². The lowest BCUT2D eigenvalue weighted by Crippen LogP contribution is -2.35. The Bertz CT molecular complexity index is 803.